The zero-order valence-electron chi connectivity index (χ0n) is 19.2. The van der Waals surface area contributed by atoms with Crippen LogP contribution in [0, 0.1) is 0 Å². The van der Waals surface area contributed by atoms with Crippen LogP contribution in [0.4, 0.5) is 9.59 Å². The highest BCUT2D eigenvalue weighted by atomic mass is 28.4. The van der Waals surface area contributed by atoms with Crippen LogP contribution in [0.5, 0.6) is 0 Å². The van der Waals surface area contributed by atoms with Crippen molar-refractivity contribution in [1.29, 1.82) is 0 Å². The van der Waals surface area contributed by atoms with Gasteiger partial charge in [-0.15, -0.1) is 0 Å². The van der Waals surface area contributed by atoms with Crippen LogP contribution in [-0.4, -0.2) is 83.4 Å². The van der Waals surface area contributed by atoms with Crippen LogP contribution >= 0.6 is 0 Å². The van der Waals surface area contributed by atoms with Crippen molar-refractivity contribution in [1.82, 2.24) is 10.6 Å². The lowest BCUT2D eigenvalue weighted by Crippen LogP contribution is -2.46. The van der Waals surface area contributed by atoms with Gasteiger partial charge in [0.15, 0.2) is 0 Å². The van der Waals surface area contributed by atoms with E-state index in [1.807, 2.05) is 20.8 Å². The number of hydrogen-bond acceptors (Lipinski definition) is 7. The first-order valence-electron chi connectivity index (χ1n) is 10.3. The van der Waals surface area contributed by atoms with Crippen molar-refractivity contribution in [2.24, 2.45) is 11.5 Å². The molecule has 0 aromatic rings. The molecule has 0 saturated heterocycles. The summed E-state index contributed by atoms with van der Waals surface area (Å²) in [7, 11) is 0.368. The second kappa shape index (κ2) is 21.0. The molecule has 6 N–H and O–H groups in total. The maximum atomic E-state index is 10.5. The van der Waals surface area contributed by atoms with Gasteiger partial charge >= 0.3 is 20.9 Å². The topological polar surface area (TPSA) is 156 Å². The minimum absolute atomic E-state index is 0.00595. The number of nitrogens with two attached hydrogens (primary N) is 2. The summed E-state index contributed by atoms with van der Waals surface area (Å²) < 4.78 is 27.1. The summed E-state index contributed by atoms with van der Waals surface area (Å²) in [6.45, 7) is 8.60. The molecule has 0 aromatic heterocycles. The van der Waals surface area contributed by atoms with E-state index in [2.05, 4.69) is 10.6 Å². The normalized spacial score (nSPS) is 11.4. The number of methoxy groups -OCH3 is 2. The molecule has 0 aliphatic carbocycles. The highest BCUT2D eigenvalue weighted by Gasteiger charge is 2.39. The summed E-state index contributed by atoms with van der Waals surface area (Å²) in [5, 5.41) is 5.07. The van der Waals surface area contributed by atoms with Crippen molar-refractivity contribution < 1.29 is 32.3 Å². The van der Waals surface area contributed by atoms with Crippen molar-refractivity contribution in [3.05, 3.63) is 0 Å². The molecule has 0 atom stereocenters. The summed E-state index contributed by atoms with van der Waals surface area (Å²) in [4.78, 5) is 20.8. The summed E-state index contributed by atoms with van der Waals surface area (Å²) in [6.07, 6.45) is 1.67. The van der Waals surface area contributed by atoms with E-state index in [1.54, 1.807) is 14.2 Å². The van der Waals surface area contributed by atoms with Gasteiger partial charge < -0.3 is 44.9 Å². The fourth-order valence-corrected chi connectivity index (χ4v) is 6.45. The predicted molar refractivity (Wildman–Crippen MR) is 121 cm³/mol. The van der Waals surface area contributed by atoms with Gasteiger partial charge in [-0.3, -0.25) is 0 Å². The van der Waals surface area contributed by atoms with Crippen molar-refractivity contribution in [2.45, 2.75) is 51.6 Å². The quantitative estimate of drug-likeness (QED) is 0.135. The smallest absolute Gasteiger partial charge is 0.374 e. The third-order valence-electron chi connectivity index (χ3n) is 3.74. The molecule has 13 heteroatoms. The zero-order valence-corrected chi connectivity index (χ0v) is 21.6. The molecule has 0 heterocycles. The summed E-state index contributed by atoms with van der Waals surface area (Å²) >= 11 is 0. The first-order valence-corrected chi connectivity index (χ1v) is 14.1. The van der Waals surface area contributed by atoms with Gasteiger partial charge in [0.05, 0.1) is 9.52 Å². The average molecular weight is 471 g/mol. The van der Waals surface area contributed by atoms with E-state index in [1.165, 1.54) is 0 Å². The maximum Gasteiger partial charge on any atom is 0.500 e. The highest BCUT2D eigenvalue weighted by molar-refractivity contribution is 6.60. The summed E-state index contributed by atoms with van der Waals surface area (Å²) in [6, 6.07) is 0.785. The van der Waals surface area contributed by atoms with Gasteiger partial charge in [0.1, 0.15) is 5.91 Å². The fourth-order valence-electron chi connectivity index (χ4n) is 2.50. The number of carbonyl (C=O) groups is 2. The van der Waals surface area contributed by atoms with Gasteiger partial charge in [0.2, 0.25) is 0 Å². The Balaban J connectivity index is 0. The second-order valence-corrected chi connectivity index (χ2v) is 10.7. The number of rotatable bonds is 17. The van der Waals surface area contributed by atoms with Gasteiger partial charge in [0.25, 0.3) is 0 Å². The Labute approximate surface area is 184 Å². The van der Waals surface area contributed by atoms with E-state index >= 15 is 0 Å². The molecule has 0 fully saturated rings. The molecule has 0 saturated carbocycles. The predicted octanol–water partition coefficient (Wildman–Crippen LogP) is 0.302. The van der Waals surface area contributed by atoms with E-state index in [4.69, 9.17) is 34.2 Å². The number of urea groups is 2. The van der Waals surface area contributed by atoms with Crippen LogP contribution in [0.25, 0.3) is 0 Å². The van der Waals surface area contributed by atoms with Crippen LogP contribution in [0.3, 0.4) is 0 Å². The first kappa shape index (κ1) is 31.0. The molecule has 30 heavy (non-hydrogen) atoms. The first-order chi connectivity index (χ1) is 14.3. The number of carbonyl (C=O) groups excluding carboxylic acids is 2. The molecule has 0 radical (unpaired) electrons. The number of hydrogen-bond donors (Lipinski definition) is 4. The van der Waals surface area contributed by atoms with Gasteiger partial charge in [-0.2, -0.15) is 0 Å². The Kier molecular flexibility index (Phi) is 21.7. The molecule has 0 bridgehead atoms. The summed E-state index contributed by atoms with van der Waals surface area (Å²) in [5.41, 5.74) is 9.88. The Morgan fingerprint density at radius 1 is 0.867 bits per heavy atom. The number of amides is 4. The van der Waals surface area contributed by atoms with Crippen molar-refractivity contribution >= 4 is 30.4 Å². The van der Waals surface area contributed by atoms with Gasteiger partial charge in [0, 0.05) is 53.2 Å². The third-order valence-corrected chi connectivity index (χ3v) is 8.94. The average Bonchev–Trinajstić information content (AvgIpc) is 2.69. The van der Waals surface area contributed by atoms with Crippen molar-refractivity contribution in [3.8, 4) is 0 Å². The minimum atomic E-state index is -2.56. The van der Waals surface area contributed by atoms with Crippen molar-refractivity contribution in [3.63, 3.8) is 0 Å². The van der Waals surface area contributed by atoms with E-state index in [0.29, 0.717) is 39.0 Å². The number of nitrogens with one attached hydrogen (secondary N) is 2. The van der Waals surface area contributed by atoms with Crippen LogP contribution < -0.4 is 22.1 Å². The third kappa shape index (κ3) is 18.8. The van der Waals surface area contributed by atoms with Crippen LogP contribution in [0.2, 0.25) is 12.1 Å². The lowest BCUT2D eigenvalue weighted by molar-refractivity contribution is -0.0441. The molecular weight excluding hydrogens is 428 g/mol. The minimum Gasteiger partial charge on any atom is -0.374 e. The largest absolute Gasteiger partial charge is 0.500 e. The molecule has 0 aliphatic rings. The Hall–Kier alpha value is -1.23. The Morgan fingerprint density at radius 2 is 1.30 bits per heavy atom. The molecule has 0 unspecified atom stereocenters. The SMILES string of the molecule is CCO[Si](CCCNC(N)=O)(OCC)OCC.COC(OC)[SiH2]CCCNC(N)=O. The standard InChI is InChI=1S/C10H24N2O4Si.C7H18N2O3Si/c1-4-14-17(15-5-2,16-6-3)9-7-8-12-10(11)13;1-11-7(12-2)13-5-3-4-9-6(8)10/h4-9H2,1-3H3,(H3,11,12,13);7H,3-5,13H2,1-2H3,(H3,8,9,10). The molecule has 4 amide bonds. The van der Waals surface area contributed by atoms with Crippen molar-refractivity contribution in [2.75, 3.05) is 47.1 Å². The van der Waals surface area contributed by atoms with E-state index < -0.39 is 20.9 Å². The van der Waals surface area contributed by atoms with Gasteiger partial charge in [-0.25, -0.2) is 9.59 Å². The highest BCUT2D eigenvalue weighted by Crippen LogP contribution is 2.17. The zero-order chi connectivity index (χ0) is 23.3. The molecular formula is C17H42N4O7Si2. The Morgan fingerprint density at radius 3 is 1.67 bits per heavy atom. The summed E-state index contributed by atoms with van der Waals surface area (Å²) in [5.74, 6) is -0.00595. The monoisotopic (exact) mass is 470 g/mol. The number of primary amides is 2. The fraction of sp³-hybridized carbons (Fsp3) is 0.882. The van der Waals surface area contributed by atoms with Crippen LogP contribution in [0.1, 0.15) is 33.6 Å². The second-order valence-electron chi connectivity index (χ2n) is 6.06. The van der Waals surface area contributed by atoms with Crippen LogP contribution in [-0.2, 0) is 22.8 Å². The van der Waals surface area contributed by atoms with E-state index in [0.717, 1.165) is 18.9 Å². The lowest BCUT2D eigenvalue weighted by atomic mass is 10.5. The molecule has 0 aromatic carbocycles. The Bertz CT molecular complexity index is 416. The van der Waals surface area contributed by atoms with E-state index in [-0.39, 0.29) is 15.4 Å². The molecule has 11 nitrogen and oxygen atoms in total. The van der Waals surface area contributed by atoms with Crippen LogP contribution in [0.15, 0.2) is 0 Å². The maximum absolute atomic E-state index is 10.5. The molecule has 0 rings (SSSR count). The molecule has 180 valence electrons. The van der Waals surface area contributed by atoms with Gasteiger partial charge in [-0.05, 0) is 33.6 Å². The molecule has 0 aliphatic heterocycles. The van der Waals surface area contributed by atoms with Gasteiger partial charge in [-0.1, -0.05) is 6.04 Å². The lowest BCUT2D eigenvalue weighted by Gasteiger charge is -2.28. The molecule has 0 spiro atoms. The van der Waals surface area contributed by atoms with E-state index in [9.17, 15) is 9.59 Å². The number of ether oxygens (including phenoxy) is 2.